The average Bonchev–Trinajstić information content (AvgIpc) is 1.83. The molecule has 0 saturated carbocycles. The Labute approximate surface area is 90.3 Å². The van der Waals surface area contributed by atoms with Crippen LogP contribution in [0.3, 0.4) is 0 Å². The minimum atomic E-state index is 0. The first-order valence-electron chi connectivity index (χ1n) is 3.75. The maximum absolute atomic E-state index is 11.4. The molecule has 0 aliphatic rings. The molecule has 1 amide bonds. The smallest absolute Gasteiger partial charge is 0.315 e. The van der Waals surface area contributed by atoms with E-state index in [1.54, 1.807) is 0 Å². The van der Waals surface area contributed by atoms with Crippen molar-refractivity contribution in [3.63, 3.8) is 0 Å². The Balaban J connectivity index is -0.000000135. The van der Waals surface area contributed by atoms with Crippen LogP contribution in [0.2, 0.25) is 0 Å². The van der Waals surface area contributed by atoms with E-state index < -0.39 is 0 Å². The molecule has 0 bridgehead atoms. The number of hydrogen-bond acceptors (Lipinski definition) is 1. The van der Waals surface area contributed by atoms with Gasteiger partial charge in [0.1, 0.15) is 0 Å². The summed E-state index contributed by atoms with van der Waals surface area (Å²) in [5, 5.41) is 0. The lowest BCUT2D eigenvalue weighted by Crippen LogP contribution is -3.00. The topological polar surface area (TPSA) is 17.1 Å². The molecule has 0 rings (SSSR count). The van der Waals surface area contributed by atoms with Crippen molar-refractivity contribution < 1.29 is 21.7 Å². The van der Waals surface area contributed by atoms with Crippen LogP contribution in [-0.4, -0.2) is 31.5 Å². The molecule has 0 N–H and O–H groups in total. The summed E-state index contributed by atoms with van der Waals surface area (Å²) in [6.45, 7) is 4.02. The van der Waals surface area contributed by atoms with Gasteiger partial charge in [-0.15, -0.1) is 0 Å². The first kappa shape index (κ1) is 23.1. The third-order valence-electron chi connectivity index (χ3n) is 1.70. The number of quaternary nitrogens is 1. The van der Waals surface area contributed by atoms with E-state index in [0.717, 1.165) is 6.42 Å². The molecule has 0 saturated heterocycles. The number of nitrogens with zero attached hydrogens (tertiary/aromatic N) is 1. The van der Waals surface area contributed by atoms with Crippen LogP contribution in [0.5, 0.6) is 0 Å². The number of carbonyl (C=O) groups excluding carboxylic acids is 1. The van der Waals surface area contributed by atoms with Crippen molar-refractivity contribution >= 4 is 5.91 Å². The molecular formula is C10H26ClNO. The molecule has 0 aromatic heterocycles. The molecule has 0 aromatic carbocycles. The van der Waals surface area contributed by atoms with Crippen molar-refractivity contribution in [2.45, 2.75) is 35.1 Å². The Morgan fingerprint density at radius 2 is 1.54 bits per heavy atom. The van der Waals surface area contributed by atoms with Gasteiger partial charge in [0, 0.05) is 0 Å². The van der Waals surface area contributed by atoms with Gasteiger partial charge in [-0.2, -0.15) is 0 Å². The second kappa shape index (κ2) is 8.52. The number of rotatable bonds is 2. The number of carbonyl (C=O) groups is 1. The fourth-order valence-corrected chi connectivity index (χ4v) is 0.836. The molecule has 0 fully saturated rings. The van der Waals surface area contributed by atoms with E-state index in [1.807, 2.05) is 35.0 Å². The molecule has 84 valence electrons. The van der Waals surface area contributed by atoms with E-state index in [9.17, 15) is 4.79 Å². The average molecular weight is 212 g/mol. The van der Waals surface area contributed by atoms with Gasteiger partial charge in [0.2, 0.25) is 0 Å². The van der Waals surface area contributed by atoms with Crippen LogP contribution in [0.4, 0.5) is 0 Å². The number of amides is 1. The lowest BCUT2D eigenvalue weighted by Gasteiger charge is -2.23. The fourth-order valence-electron chi connectivity index (χ4n) is 0.836. The molecule has 0 heterocycles. The summed E-state index contributed by atoms with van der Waals surface area (Å²) in [7, 11) is 5.73. The zero-order valence-corrected chi connectivity index (χ0v) is 8.77. The SMILES string of the molecule is C.C.CCC(C)C(=O)[N+](C)(C)C.[Cl-]. The summed E-state index contributed by atoms with van der Waals surface area (Å²) >= 11 is 0. The van der Waals surface area contributed by atoms with Crippen LogP contribution in [0.1, 0.15) is 35.1 Å². The van der Waals surface area contributed by atoms with Gasteiger partial charge < -0.3 is 12.4 Å². The first-order chi connectivity index (χ1) is 4.39. The van der Waals surface area contributed by atoms with Crippen molar-refractivity contribution in [1.82, 2.24) is 0 Å². The Morgan fingerprint density at radius 3 is 1.62 bits per heavy atom. The second-order valence-electron chi connectivity index (χ2n) is 3.66. The zero-order chi connectivity index (χ0) is 8.36. The van der Waals surface area contributed by atoms with E-state index in [0.29, 0.717) is 10.4 Å². The Kier molecular flexibility index (Phi) is 15.1. The summed E-state index contributed by atoms with van der Waals surface area (Å²) in [5.74, 6) is 0.502. The second-order valence-corrected chi connectivity index (χ2v) is 3.66. The van der Waals surface area contributed by atoms with E-state index in [2.05, 4.69) is 0 Å². The molecule has 0 radical (unpaired) electrons. The molecule has 0 aliphatic carbocycles. The molecule has 0 aliphatic heterocycles. The normalized spacial score (nSPS) is 11.5. The van der Waals surface area contributed by atoms with Gasteiger partial charge in [-0.05, 0) is 13.3 Å². The summed E-state index contributed by atoms with van der Waals surface area (Å²) in [6, 6.07) is 0. The lowest BCUT2D eigenvalue weighted by atomic mass is 10.1. The van der Waals surface area contributed by atoms with Crippen LogP contribution < -0.4 is 12.4 Å². The maximum Gasteiger partial charge on any atom is 0.315 e. The summed E-state index contributed by atoms with van der Waals surface area (Å²) in [5.41, 5.74) is 0. The minimum Gasteiger partial charge on any atom is -1.00 e. The summed E-state index contributed by atoms with van der Waals surface area (Å²) in [4.78, 5) is 11.4. The third kappa shape index (κ3) is 8.26. The molecule has 13 heavy (non-hydrogen) atoms. The van der Waals surface area contributed by atoms with Gasteiger partial charge in [-0.1, -0.05) is 21.8 Å². The van der Waals surface area contributed by atoms with E-state index in [-0.39, 0.29) is 33.2 Å². The highest BCUT2D eigenvalue weighted by Crippen LogP contribution is 2.07. The summed E-state index contributed by atoms with van der Waals surface area (Å²) in [6.07, 6.45) is 0.939. The van der Waals surface area contributed by atoms with Crippen molar-refractivity contribution in [3.05, 3.63) is 0 Å². The first-order valence-corrected chi connectivity index (χ1v) is 3.75. The lowest BCUT2D eigenvalue weighted by molar-refractivity contribution is -0.794. The maximum atomic E-state index is 11.4. The fraction of sp³-hybridized carbons (Fsp3) is 0.900. The van der Waals surface area contributed by atoms with Gasteiger partial charge in [0.25, 0.3) is 0 Å². The van der Waals surface area contributed by atoms with Crippen LogP contribution in [0.15, 0.2) is 0 Å². The van der Waals surface area contributed by atoms with E-state index >= 15 is 0 Å². The van der Waals surface area contributed by atoms with Gasteiger partial charge in [-0.3, -0.25) is 4.48 Å². The van der Waals surface area contributed by atoms with Gasteiger partial charge in [-0.25, -0.2) is 4.79 Å². The molecule has 2 nitrogen and oxygen atoms in total. The predicted octanol–water partition coefficient (Wildman–Crippen LogP) is -0.458. The minimum absolute atomic E-state index is 0. The highest BCUT2D eigenvalue weighted by Gasteiger charge is 2.25. The Bertz CT molecular complexity index is 129. The van der Waals surface area contributed by atoms with Crippen LogP contribution in [0, 0.1) is 5.92 Å². The molecular weight excluding hydrogens is 186 g/mol. The summed E-state index contributed by atoms with van der Waals surface area (Å²) < 4.78 is 0.439. The number of halogens is 1. The number of hydrogen-bond donors (Lipinski definition) is 0. The third-order valence-corrected chi connectivity index (χ3v) is 1.70. The largest absolute Gasteiger partial charge is 1.00 e. The highest BCUT2D eigenvalue weighted by atomic mass is 35.5. The monoisotopic (exact) mass is 211 g/mol. The molecule has 1 unspecified atom stereocenters. The highest BCUT2D eigenvalue weighted by molar-refractivity contribution is 5.71. The quantitative estimate of drug-likeness (QED) is 0.566. The predicted molar refractivity (Wildman–Crippen MR) is 56.0 cm³/mol. The van der Waals surface area contributed by atoms with Crippen LogP contribution >= 0.6 is 0 Å². The van der Waals surface area contributed by atoms with Crippen molar-refractivity contribution in [1.29, 1.82) is 0 Å². The van der Waals surface area contributed by atoms with Crippen molar-refractivity contribution in [3.8, 4) is 0 Å². The van der Waals surface area contributed by atoms with E-state index in [4.69, 9.17) is 0 Å². The van der Waals surface area contributed by atoms with Crippen LogP contribution in [-0.2, 0) is 4.79 Å². The van der Waals surface area contributed by atoms with Gasteiger partial charge in [0.15, 0.2) is 0 Å². The zero-order valence-electron chi connectivity index (χ0n) is 8.02. The molecule has 1 atom stereocenters. The molecule has 3 heteroatoms. The standard InChI is InChI=1S/C8H18NO.2CH4.ClH/c1-6-7(2)8(10)9(3,4)5;;;/h7H,6H2,1-5H3;2*1H4;1H/q+1;;;/p-1. The van der Waals surface area contributed by atoms with Crippen molar-refractivity contribution in [2.24, 2.45) is 5.92 Å². The molecule has 0 aromatic rings. The molecule has 0 spiro atoms. The Hall–Kier alpha value is -0.0800. The van der Waals surface area contributed by atoms with Crippen LogP contribution in [0.25, 0.3) is 0 Å². The van der Waals surface area contributed by atoms with Gasteiger partial charge >= 0.3 is 5.91 Å². The van der Waals surface area contributed by atoms with E-state index in [1.165, 1.54) is 0 Å². The van der Waals surface area contributed by atoms with Gasteiger partial charge in [0.05, 0.1) is 27.1 Å². The van der Waals surface area contributed by atoms with Crippen molar-refractivity contribution in [2.75, 3.05) is 21.1 Å². The Morgan fingerprint density at radius 1 is 1.23 bits per heavy atom.